The van der Waals surface area contributed by atoms with E-state index in [-0.39, 0.29) is 6.09 Å². The molecular formula is C13H17BrN2O2. The van der Waals surface area contributed by atoms with Crippen molar-refractivity contribution in [1.82, 2.24) is 0 Å². The van der Waals surface area contributed by atoms with Crippen molar-refractivity contribution in [2.45, 2.75) is 25.4 Å². The molecule has 1 amide bonds. The van der Waals surface area contributed by atoms with Crippen LogP contribution in [0.5, 0.6) is 0 Å². The number of hydrogen-bond acceptors (Lipinski definition) is 3. The van der Waals surface area contributed by atoms with Crippen LogP contribution in [0.15, 0.2) is 28.7 Å². The first-order chi connectivity index (χ1) is 8.54. The second kappa shape index (κ2) is 5.28. The Balaban J connectivity index is 2.11. The van der Waals surface area contributed by atoms with Crippen LogP contribution in [-0.2, 0) is 4.74 Å². The summed E-state index contributed by atoms with van der Waals surface area (Å²) in [7, 11) is 0. The molecule has 1 aliphatic heterocycles. The molecule has 1 aliphatic rings. The molecule has 1 aromatic rings. The number of anilines is 1. The zero-order valence-electron chi connectivity index (χ0n) is 10.4. The molecular weight excluding hydrogens is 296 g/mol. The Hall–Kier alpha value is -1.07. The quantitative estimate of drug-likeness (QED) is 0.930. The van der Waals surface area contributed by atoms with Gasteiger partial charge in [0.05, 0.1) is 6.54 Å². The maximum Gasteiger partial charge on any atom is 0.415 e. The standard InChI is InChI=1S/C13H17BrN2O2/c1-13(7-2-8-15)9-16(12(17)18-13)11-5-3-10(14)4-6-11/h3-6H,2,7-9,15H2,1H3. The number of amides is 1. The highest BCUT2D eigenvalue weighted by Gasteiger charge is 2.41. The number of nitrogens with zero attached hydrogens (tertiary/aromatic N) is 1. The highest BCUT2D eigenvalue weighted by molar-refractivity contribution is 9.10. The fourth-order valence-electron chi connectivity index (χ4n) is 2.12. The Morgan fingerprint density at radius 2 is 2.11 bits per heavy atom. The van der Waals surface area contributed by atoms with Gasteiger partial charge in [0, 0.05) is 10.2 Å². The molecule has 0 bridgehead atoms. The van der Waals surface area contributed by atoms with Crippen LogP contribution >= 0.6 is 15.9 Å². The largest absolute Gasteiger partial charge is 0.441 e. The highest BCUT2D eigenvalue weighted by Crippen LogP contribution is 2.31. The van der Waals surface area contributed by atoms with E-state index < -0.39 is 5.60 Å². The maximum atomic E-state index is 11.9. The number of benzene rings is 1. The average molecular weight is 313 g/mol. The normalized spacial score (nSPS) is 23.3. The lowest BCUT2D eigenvalue weighted by atomic mass is 10.00. The van der Waals surface area contributed by atoms with Gasteiger partial charge in [-0.05, 0) is 50.6 Å². The molecule has 2 N–H and O–H groups in total. The number of halogens is 1. The van der Waals surface area contributed by atoms with Crippen molar-refractivity contribution in [2.75, 3.05) is 18.0 Å². The molecule has 1 heterocycles. The molecule has 1 saturated heterocycles. The second-order valence-electron chi connectivity index (χ2n) is 4.77. The number of rotatable bonds is 4. The van der Waals surface area contributed by atoms with Gasteiger partial charge >= 0.3 is 6.09 Å². The van der Waals surface area contributed by atoms with Gasteiger partial charge in [-0.3, -0.25) is 4.90 Å². The molecule has 18 heavy (non-hydrogen) atoms. The van der Waals surface area contributed by atoms with Gasteiger partial charge in [-0.15, -0.1) is 0 Å². The summed E-state index contributed by atoms with van der Waals surface area (Å²) in [6, 6.07) is 7.64. The monoisotopic (exact) mass is 312 g/mol. The molecule has 0 aliphatic carbocycles. The highest BCUT2D eigenvalue weighted by atomic mass is 79.9. The van der Waals surface area contributed by atoms with Crippen LogP contribution < -0.4 is 10.6 Å². The summed E-state index contributed by atoms with van der Waals surface area (Å²) in [5, 5.41) is 0. The first-order valence-corrected chi connectivity index (χ1v) is 6.79. The molecule has 0 saturated carbocycles. The van der Waals surface area contributed by atoms with Crippen LogP contribution in [0, 0.1) is 0 Å². The minimum Gasteiger partial charge on any atom is -0.441 e. The number of carbonyl (C=O) groups is 1. The van der Waals surface area contributed by atoms with Crippen molar-refractivity contribution in [1.29, 1.82) is 0 Å². The third-order valence-electron chi connectivity index (χ3n) is 3.09. The maximum absolute atomic E-state index is 11.9. The van der Waals surface area contributed by atoms with E-state index in [0.717, 1.165) is 23.0 Å². The van der Waals surface area contributed by atoms with Crippen LogP contribution in [0.2, 0.25) is 0 Å². The van der Waals surface area contributed by atoms with E-state index >= 15 is 0 Å². The molecule has 98 valence electrons. The lowest BCUT2D eigenvalue weighted by molar-refractivity contribution is 0.0640. The van der Waals surface area contributed by atoms with Crippen molar-refractivity contribution in [3.05, 3.63) is 28.7 Å². The average Bonchev–Trinajstić information content (AvgIpc) is 2.64. The third-order valence-corrected chi connectivity index (χ3v) is 3.62. The summed E-state index contributed by atoms with van der Waals surface area (Å²) < 4.78 is 6.46. The van der Waals surface area contributed by atoms with Crippen LogP contribution in [0.3, 0.4) is 0 Å². The Morgan fingerprint density at radius 1 is 1.44 bits per heavy atom. The van der Waals surface area contributed by atoms with Crippen molar-refractivity contribution >= 4 is 27.7 Å². The fraction of sp³-hybridized carbons (Fsp3) is 0.462. The van der Waals surface area contributed by atoms with Crippen molar-refractivity contribution in [3.63, 3.8) is 0 Å². The molecule has 1 unspecified atom stereocenters. The number of cyclic esters (lactones) is 1. The summed E-state index contributed by atoms with van der Waals surface area (Å²) in [5.74, 6) is 0. The van der Waals surface area contributed by atoms with Crippen LogP contribution in [0.4, 0.5) is 10.5 Å². The lowest BCUT2D eigenvalue weighted by Crippen LogP contribution is -2.31. The molecule has 0 radical (unpaired) electrons. The minimum absolute atomic E-state index is 0.281. The van der Waals surface area contributed by atoms with Gasteiger partial charge in [-0.25, -0.2) is 4.79 Å². The smallest absolute Gasteiger partial charge is 0.415 e. The van der Waals surface area contributed by atoms with Crippen molar-refractivity contribution < 1.29 is 9.53 Å². The van der Waals surface area contributed by atoms with E-state index in [1.165, 1.54) is 0 Å². The molecule has 1 atom stereocenters. The number of nitrogens with two attached hydrogens (primary N) is 1. The van der Waals surface area contributed by atoms with Crippen molar-refractivity contribution in [2.24, 2.45) is 5.73 Å². The van der Waals surface area contributed by atoms with E-state index in [1.807, 2.05) is 31.2 Å². The van der Waals surface area contributed by atoms with Crippen LogP contribution in [0.25, 0.3) is 0 Å². The Labute approximate surface area is 115 Å². The molecule has 2 rings (SSSR count). The Bertz CT molecular complexity index is 435. The second-order valence-corrected chi connectivity index (χ2v) is 5.69. The summed E-state index contributed by atoms with van der Waals surface area (Å²) in [4.78, 5) is 13.6. The Kier molecular flexibility index (Phi) is 3.92. The van der Waals surface area contributed by atoms with E-state index in [4.69, 9.17) is 10.5 Å². The van der Waals surface area contributed by atoms with Crippen LogP contribution in [0.1, 0.15) is 19.8 Å². The SMILES string of the molecule is CC1(CCCN)CN(c2ccc(Br)cc2)C(=O)O1. The number of hydrogen-bond donors (Lipinski definition) is 1. The van der Waals surface area contributed by atoms with E-state index in [1.54, 1.807) is 4.90 Å². The topological polar surface area (TPSA) is 55.6 Å². The number of carbonyl (C=O) groups excluding carboxylic acids is 1. The van der Waals surface area contributed by atoms with Gasteiger partial charge in [0.2, 0.25) is 0 Å². The van der Waals surface area contributed by atoms with Gasteiger partial charge in [0.25, 0.3) is 0 Å². The predicted octanol–water partition coefficient (Wildman–Crippen LogP) is 2.90. The Morgan fingerprint density at radius 3 is 2.72 bits per heavy atom. The molecule has 4 nitrogen and oxygen atoms in total. The van der Waals surface area contributed by atoms with Crippen LogP contribution in [-0.4, -0.2) is 24.8 Å². The summed E-state index contributed by atoms with van der Waals surface area (Å²) in [6.45, 7) is 3.15. The van der Waals surface area contributed by atoms with E-state index in [9.17, 15) is 4.79 Å². The predicted molar refractivity (Wildman–Crippen MR) is 74.7 cm³/mol. The molecule has 0 spiro atoms. The van der Waals surface area contributed by atoms with Gasteiger partial charge in [0.15, 0.2) is 0 Å². The molecule has 5 heteroatoms. The zero-order chi connectivity index (χ0) is 13.2. The van der Waals surface area contributed by atoms with Gasteiger partial charge in [-0.2, -0.15) is 0 Å². The zero-order valence-corrected chi connectivity index (χ0v) is 11.9. The fourth-order valence-corrected chi connectivity index (χ4v) is 2.39. The summed E-state index contributed by atoms with van der Waals surface area (Å²) in [5.41, 5.74) is 5.94. The van der Waals surface area contributed by atoms with E-state index in [0.29, 0.717) is 13.1 Å². The van der Waals surface area contributed by atoms with Gasteiger partial charge in [-0.1, -0.05) is 15.9 Å². The third kappa shape index (κ3) is 2.84. The molecule has 1 aromatic carbocycles. The van der Waals surface area contributed by atoms with E-state index in [2.05, 4.69) is 15.9 Å². The van der Waals surface area contributed by atoms with Crippen molar-refractivity contribution in [3.8, 4) is 0 Å². The summed E-state index contributed by atoms with van der Waals surface area (Å²) in [6.07, 6.45) is 1.37. The first kappa shape index (κ1) is 13.4. The summed E-state index contributed by atoms with van der Waals surface area (Å²) >= 11 is 3.38. The minimum atomic E-state index is -0.427. The number of ether oxygens (including phenoxy) is 1. The molecule has 0 aromatic heterocycles. The van der Waals surface area contributed by atoms with Gasteiger partial charge in [0.1, 0.15) is 5.60 Å². The first-order valence-electron chi connectivity index (χ1n) is 6.00. The lowest BCUT2D eigenvalue weighted by Gasteiger charge is -2.21. The van der Waals surface area contributed by atoms with Gasteiger partial charge < -0.3 is 10.5 Å². The molecule has 1 fully saturated rings.